The van der Waals surface area contributed by atoms with E-state index in [9.17, 15) is 4.79 Å². The van der Waals surface area contributed by atoms with Gasteiger partial charge in [-0.05, 0) is 6.72 Å². The molecule has 0 aliphatic rings. The molecule has 0 aromatic rings. The highest BCUT2D eigenvalue weighted by molar-refractivity contribution is 5.68. The van der Waals surface area contributed by atoms with E-state index in [4.69, 9.17) is 5.11 Å². The Morgan fingerprint density at radius 3 is 2.88 bits per heavy atom. The zero-order valence-corrected chi connectivity index (χ0v) is 4.37. The zero-order valence-electron chi connectivity index (χ0n) is 4.37. The summed E-state index contributed by atoms with van der Waals surface area (Å²) >= 11 is 0. The SMILES string of the molecule is C=N/C=C\CC(=O)O. The van der Waals surface area contributed by atoms with Crippen LogP contribution in [0.3, 0.4) is 0 Å². The number of aliphatic carboxylic acids is 1. The Hall–Kier alpha value is -1.12. The van der Waals surface area contributed by atoms with Gasteiger partial charge in [-0.3, -0.25) is 9.79 Å². The van der Waals surface area contributed by atoms with Crippen molar-refractivity contribution in [3.8, 4) is 0 Å². The van der Waals surface area contributed by atoms with Crippen molar-refractivity contribution in [3.63, 3.8) is 0 Å². The van der Waals surface area contributed by atoms with Crippen molar-refractivity contribution in [2.75, 3.05) is 0 Å². The van der Waals surface area contributed by atoms with Crippen molar-refractivity contribution in [2.45, 2.75) is 6.42 Å². The fourth-order valence-electron chi connectivity index (χ4n) is 0.228. The second kappa shape index (κ2) is 4.05. The predicted octanol–water partition coefficient (Wildman–Crippen LogP) is 0.675. The van der Waals surface area contributed by atoms with Crippen LogP contribution in [0.4, 0.5) is 0 Å². The summed E-state index contributed by atoms with van der Waals surface area (Å²) < 4.78 is 0. The van der Waals surface area contributed by atoms with Crippen LogP contribution in [0.2, 0.25) is 0 Å². The van der Waals surface area contributed by atoms with Crippen LogP contribution < -0.4 is 0 Å². The molecule has 1 N–H and O–H groups in total. The second-order valence-corrected chi connectivity index (χ2v) is 1.17. The molecule has 0 aromatic heterocycles. The molecule has 0 aliphatic carbocycles. The maximum Gasteiger partial charge on any atom is 0.307 e. The predicted molar refractivity (Wildman–Crippen MR) is 30.9 cm³/mol. The summed E-state index contributed by atoms with van der Waals surface area (Å²) in [5, 5.41) is 8.03. The van der Waals surface area contributed by atoms with Crippen molar-refractivity contribution in [1.29, 1.82) is 0 Å². The maximum atomic E-state index is 9.76. The first-order valence-corrected chi connectivity index (χ1v) is 2.10. The van der Waals surface area contributed by atoms with E-state index in [1.165, 1.54) is 12.3 Å². The van der Waals surface area contributed by atoms with E-state index in [0.29, 0.717) is 0 Å². The number of rotatable bonds is 3. The lowest BCUT2D eigenvalue weighted by Gasteiger charge is -1.78. The first-order valence-electron chi connectivity index (χ1n) is 2.10. The first-order chi connectivity index (χ1) is 3.77. The number of nitrogens with zero attached hydrogens (tertiary/aromatic N) is 1. The minimum atomic E-state index is -0.857. The molecule has 0 radical (unpaired) electrons. The minimum Gasteiger partial charge on any atom is -0.481 e. The molecule has 0 unspecified atom stereocenters. The van der Waals surface area contributed by atoms with E-state index < -0.39 is 5.97 Å². The van der Waals surface area contributed by atoms with E-state index in [0.717, 1.165) is 0 Å². The Balaban J connectivity index is 3.29. The second-order valence-electron chi connectivity index (χ2n) is 1.17. The molecule has 0 bridgehead atoms. The van der Waals surface area contributed by atoms with E-state index >= 15 is 0 Å². The van der Waals surface area contributed by atoms with E-state index in [1.54, 1.807) is 0 Å². The van der Waals surface area contributed by atoms with Gasteiger partial charge in [0.05, 0.1) is 6.42 Å². The smallest absolute Gasteiger partial charge is 0.307 e. The standard InChI is InChI=1S/C5H7NO2/c1-6-4-2-3-5(7)8/h2,4H,1,3H2,(H,7,8)/b4-2-. The molecule has 0 heterocycles. The summed E-state index contributed by atoms with van der Waals surface area (Å²) in [4.78, 5) is 13.1. The van der Waals surface area contributed by atoms with E-state index in [1.807, 2.05) is 0 Å². The molecule has 3 heteroatoms. The van der Waals surface area contributed by atoms with Gasteiger partial charge in [0.2, 0.25) is 0 Å². The van der Waals surface area contributed by atoms with E-state index in [2.05, 4.69) is 11.7 Å². The molecule has 0 aromatic carbocycles. The van der Waals surface area contributed by atoms with Crippen molar-refractivity contribution in [1.82, 2.24) is 0 Å². The molecule has 44 valence electrons. The number of carboxylic acids is 1. The molecule has 0 spiro atoms. The topological polar surface area (TPSA) is 49.7 Å². The Bertz CT molecular complexity index is 118. The van der Waals surface area contributed by atoms with Gasteiger partial charge in [-0.1, -0.05) is 6.08 Å². The summed E-state index contributed by atoms with van der Waals surface area (Å²) in [6, 6.07) is 0. The Labute approximate surface area is 47.4 Å². The Morgan fingerprint density at radius 1 is 1.88 bits per heavy atom. The number of hydrogen-bond acceptors (Lipinski definition) is 2. The third-order valence-corrected chi connectivity index (χ3v) is 0.503. The average Bonchev–Trinajstić information content (AvgIpc) is 1.66. The van der Waals surface area contributed by atoms with Gasteiger partial charge in [-0.25, -0.2) is 0 Å². The number of carbonyl (C=O) groups is 1. The Kier molecular flexibility index (Phi) is 3.48. The van der Waals surface area contributed by atoms with Crippen molar-refractivity contribution in [3.05, 3.63) is 12.3 Å². The molecular formula is C5H7NO2. The van der Waals surface area contributed by atoms with Crippen LogP contribution in [0.15, 0.2) is 17.3 Å². The maximum absolute atomic E-state index is 9.76. The van der Waals surface area contributed by atoms with Crippen LogP contribution in [-0.4, -0.2) is 17.8 Å². The van der Waals surface area contributed by atoms with E-state index in [-0.39, 0.29) is 6.42 Å². The molecule has 0 fully saturated rings. The number of aliphatic imine (C=N–C) groups is 1. The fourth-order valence-corrected chi connectivity index (χ4v) is 0.228. The molecule has 0 saturated carbocycles. The highest BCUT2D eigenvalue weighted by Crippen LogP contribution is 1.80. The molecule has 0 atom stereocenters. The first kappa shape index (κ1) is 6.88. The largest absolute Gasteiger partial charge is 0.481 e. The van der Waals surface area contributed by atoms with Gasteiger partial charge in [0.15, 0.2) is 0 Å². The van der Waals surface area contributed by atoms with Gasteiger partial charge in [0.1, 0.15) is 0 Å². The quantitative estimate of drug-likeness (QED) is 0.547. The lowest BCUT2D eigenvalue weighted by atomic mass is 10.4. The third-order valence-electron chi connectivity index (χ3n) is 0.503. The van der Waals surface area contributed by atoms with Crippen LogP contribution in [-0.2, 0) is 4.79 Å². The number of hydrogen-bond donors (Lipinski definition) is 1. The van der Waals surface area contributed by atoms with Gasteiger partial charge >= 0.3 is 5.97 Å². The lowest BCUT2D eigenvalue weighted by molar-refractivity contribution is -0.136. The lowest BCUT2D eigenvalue weighted by Crippen LogP contribution is -1.89. The molecule has 8 heavy (non-hydrogen) atoms. The third kappa shape index (κ3) is 4.88. The van der Waals surface area contributed by atoms with Gasteiger partial charge in [0, 0.05) is 6.20 Å². The molecule has 0 saturated heterocycles. The normalized spacial score (nSPS) is 9.50. The Morgan fingerprint density at radius 2 is 2.50 bits per heavy atom. The monoisotopic (exact) mass is 113 g/mol. The van der Waals surface area contributed by atoms with Crippen molar-refractivity contribution >= 4 is 12.7 Å². The average molecular weight is 113 g/mol. The summed E-state index contributed by atoms with van der Waals surface area (Å²) in [5.74, 6) is -0.857. The fraction of sp³-hybridized carbons (Fsp3) is 0.200. The zero-order chi connectivity index (χ0) is 6.41. The van der Waals surface area contributed by atoms with Crippen LogP contribution in [0.25, 0.3) is 0 Å². The van der Waals surface area contributed by atoms with Crippen LogP contribution in [0.5, 0.6) is 0 Å². The molecular weight excluding hydrogens is 106 g/mol. The highest BCUT2D eigenvalue weighted by atomic mass is 16.4. The minimum absolute atomic E-state index is 0.0129. The van der Waals surface area contributed by atoms with Crippen molar-refractivity contribution < 1.29 is 9.90 Å². The molecule has 0 aliphatic heterocycles. The van der Waals surface area contributed by atoms with Crippen LogP contribution in [0.1, 0.15) is 6.42 Å². The van der Waals surface area contributed by atoms with Gasteiger partial charge in [0.25, 0.3) is 0 Å². The van der Waals surface area contributed by atoms with Gasteiger partial charge in [-0.15, -0.1) is 0 Å². The summed E-state index contributed by atoms with van der Waals surface area (Å²) in [7, 11) is 0. The van der Waals surface area contributed by atoms with Crippen LogP contribution >= 0.6 is 0 Å². The van der Waals surface area contributed by atoms with Gasteiger partial charge < -0.3 is 5.11 Å². The summed E-state index contributed by atoms with van der Waals surface area (Å²) in [6.07, 6.45) is 2.79. The van der Waals surface area contributed by atoms with Crippen molar-refractivity contribution in [2.24, 2.45) is 4.99 Å². The summed E-state index contributed by atoms with van der Waals surface area (Å²) in [6.45, 7) is 3.13. The molecule has 0 amide bonds. The highest BCUT2D eigenvalue weighted by Gasteiger charge is 1.86. The van der Waals surface area contributed by atoms with Crippen LogP contribution in [0, 0.1) is 0 Å². The summed E-state index contributed by atoms with van der Waals surface area (Å²) in [5.41, 5.74) is 0. The van der Waals surface area contributed by atoms with Gasteiger partial charge in [-0.2, -0.15) is 0 Å². The number of carboxylic acid groups (broad SMARTS) is 1. The molecule has 0 rings (SSSR count). The molecule has 3 nitrogen and oxygen atoms in total.